The van der Waals surface area contributed by atoms with Crippen molar-refractivity contribution >= 4 is 42.8 Å². The predicted molar refractivity (Wildman–Crippen MR) is 141 cm³/mol. The van der Waals surface area contributed by atoms with Crippen LogP contribution in [0.15, 0.2) is 0 Å². The van der Waals surface area contributed by atoms with E-state index in [2.05, 4.69) is 0 Å². The molecule has 45 heavy (non-hydrogen) atoms. The Morgan fingerprint density at radius 3 is 0.467 bits per heavy atom. The number of halogens is 15. The van der Waals surface area contributed by atoms with Gasteiger partial charge in [-0.1, -0.05) is 34.6 Å². The minimum atomic E-state index is -5.53. The first-order chi connectivity index (χ1) is 19.9. The Hall–Kier alpha value is -0.166. The van der Waals surface area contributed by atoms with Crippen LogP contribution in [-0.4, -0.2) is 73.7 Å². The molecular weight excluding hydrogens is 746 g/mol. The molecule has 25 heteroatoms. The highest BCUT2D eigenvalue weighted by Crippen LogP contribution is 2.49. The highest BCUT2D eigenvalue weighted by atomic mass is 28.5. The summed E-state index contributed by atoms with van der Waals surface area (Å²) < 4.78 is 238. The van der Waals surface area contributed by atoms with Crippen LogP contribution in [0.4, 0.5) is 65.9 Å². The lowest BCUT2D eigenvalue weighted by atomic mass is 10.8. The molecule has 1 aliphatic rings. The maximum Gasteiger partial charge on any atom is 0.391 e. The lowest BCUT2D eigenvalue weighted by Crippen LogP contribution is -2.71. The van der Waals surface area contributed by atoms with E-state index in [4.69, 9.17) is 20.6 Å². The van der Waals surface area contributed by atoms with E-state index in [0.717, 1.165) is 34.6 Å². The smallest absolute Gasteiger partial charge is 0.391 e. The van der Waals surface area contributed by atoms with E-state index in [1.807, 2.05) is 0 Å². The van der Waals surface area contributed by atoms with Crippen LogP contribution in [0.1, 0.15) is 34.6 Å². The van der Waals surface area contributed by atoms with Gasteiger partial charge in [0.2, 0.25) is 0 Å². The molecule has 0 aliphatic carbocycles. The van der Waals surface area contributed by atoms with Gasteiger partial charge in [-0.3, -0.25) is 0 Å². The molecule has 0 N–H and O–H groups in total. The van der Waals surface area contributed by atoms with E-state index in [1.165, 1.54) is 0 Å². The molecule has 0 aromatic heterocycles. The first-order valence-electron chi connectivity index (χ1n) is 13.7. The summed E-state index contributed by atoms with van der Waals surface area (Å²) >= 11 is 0. The van der Waals surface area contributed by atoms with Crippen molar-refractivity contribution in [2.75, 3.05) is 0 Å². The SMILES string of the molecule is CC[Si]1(CC(F)(F)F)O[Si](CC)(CC(F)(F)F)O[Si](CC)(CC(F)(F)F)O[Si](CC)(CC(F)(F)F)O[Si](CC)(CC(F)(F)F)O1. The number of alkyl halides is 15. The average Bonchev–Trinajstić information content (AvgIpc) is 2.77. The lowest BCUT2D eigenvalue weighted by Gasteiger charge is -2.53. The van der Waals surface area contributed by atoms with Crippen molar-refractivity contribution in [2.24, 2.45) is 0 Å². The summed E-state index contributed by atoms with van der Waals surface area (Å²) in [7, 11) is -27.7. The highest BCUT2D eigenvalue weighted by molar-refractivity contribution is 6.95. The van der Waals surface area contributed by atoms with Crippen molar-refractivity contribution in [3.8, 4) is 0 Å². The van der Waals surface area contributed by atoms with E-state index < -0.39 is 134 Å². The van der Waals surface area contributed by atoms with Gasteiger partial charge in [-0.25, -0.2) is 0 Å². The van der Waals surface area contributed by atoms with Crippen LogP contribution < -0.4 is 0 Å². The van der Waals surface area contributed by atoms with Gasteiger partial charge in [0.15, 0.2) is 0 Å². The van der Waals surface area contributed by atoms with Crippen LogP contribution in [0.3, 0.4) is 0 Å². The van der Waals surface area contributed by atoms with E-state index in [1.54, 1.807) is 0 Å². The molecule has 0 radical (unpaired) electrons. The molecule has 1 aliphatic heterocycles. The van der Waals surface area contributed by atoms with Gasteiger partial charge in [-0.15, -0.1) is 0 Å². The number of hydrogen-bond donors (Lipinski definition) is 0. The van der Waals surface area contributed by atoms with Gasteiger partial charge in [-0.05, 0) is 30.2 Å². The van der Waals surface area contributed by atoms with E-state index in [-0.39, 0.29) is 0 Å². The lowest BCUT2D eigenvalue weighted by molar-refractivity contribution is -0.118. The van der Waals surface area contributed by atoms with Crippen LogP contribution >= 0.6 is 0 Å². The van der Waals surface area contributed by atoms with Gasteiger partial charge in [-0.2, -0.15) is 65.9 Å². The highest BCUT2D eigenvalue weighted by Gasteiger charge is 2.68. The monoisotopic (exact) mass is 780 g/mol. The first kappa shape index (κ1) is 42.9. The van der Waals surface area contributed by atoms with E-state index >= 15 is 0 Å². The molecule has 1 rings (SSSR count). The van der Waals surface area contributed by atoms with Gasteiger partial charge < -0.3 is 20.6 Å². The van der Waals surface area contributed by atoms with Gasteiger partial charge >= 0.3 is 73.7 Å². The molecule has 0 amide bonds. The van der Waals surface area contributed by atoms with Gasteiger partial charge in [0, 0.05) is 0 Å². The molecule has 1 heterocycles. The summed E-state index contributed by atoms with van der Waals surface area (Å²) in [6.07, 6.45) is -26.8. The Morgan fingerprint density at radius 1 is 0.289 bits per heavy atom. The largest absolute Gasteiger partial charge is 0.415 e. The van der Waals surface area contributed by atoms with Crippen LogP contribution in [0, 0.1) is 0 Å². The molecule has 0 aromatic carbocycles. The van der Waals surface area contributed by atoms with Crippen LogP contribution in [0.25, 0.3) is 0 Å². The molecule has 5 nitrogen and oxygen atoms in total. The van der Waals surface area contributed by atoms with Crippen molar-refractivity contribution in [2.45, 2.75) is 126 Å². The third kappa shape index (κ3) is 13.7. The maximum atomic E-state index is 14.0. The van der Waals surface area contributed by atoms with E-state index in [9.17, 15) is 65.9 Å². The predicted octanol–water partition coefficient (Wildman–Crippen LogP) is 10.2. The quantitative estimate of drug-likeness (QED) is 0.163. The molecular formula is C20H35F15O5Si5. The van der Waals surface area contributed by atoms with Crippen molar-refractivity contribution in [3.63, 3.8) is 0 Å². The number of rotatable bonds is 10. The Balaban J connectivity index is 4.47. The Kier molecular flexibility index (Phi) is 13.7. The van der Waals surface area contributed by atoms with E-state index in [0.29, 0.717) is 0 Å². The average molecular weight is 781 g/mol. The standard InChI is InChI=1S/C20H35F15O5Si5/c1-6-41(11-16(21,22)23)36-42(7-2,12-17(24,25)26)38-44(9-4,14-19(30,31)32)40-45(10-5,15-20(33,34)35)39-43(8-3,37-41)13-18(27,28)29/h6-15H2,1-5H3. The third-order valence-corrected chi connectivity index (χ3v) is 31.9. The minimum Gasteiger partial charge on any atom is -0.415 e. The summed E-state index contributed by atoms with van der Waals surface area (Å²) in [5.74, 6) is 0. The molecule has 0 spiro atoms. The van der Waals surface area contributed by atoms with Crippen molar-refractivity contribution in [3.05, 3.63) is 0 Å². The van der Waals surface area contributed by atoms with Gasteiger partial charge in [0.25, 0.3) is 0 Å². The van der Waals surface area contributed by atoms with Crippen LogP contribution in [0.2, 0.25) is 60.4 Å². The second kappa shape index (κ2) is 14.4. The zero-order chi connectivity index (χ0) is 35.6. The fraction of sp³-hybridized carbons (Fsp3) is 1.00. The van der Waals surface area contributed by atoms with Crippen molar-refractivity contribution in [1.82, 2.24) is 0 Å². The third-order valence-electron chi connectivity index (χ3n) is 6.90. The molecule has 0 aromatic rings. The molecule has 0 saturated carbocycles. The van der Waals surface area contributed by atoms with Gasteiger partial charge in [0.1, 0.15) is 0 Å². The Labute approximate surface area is 255 Å². The summed E-state index contributed by atoms with van der Waals surface area (Å²) in [6.45, 7) is 4.54. The number of hydrogen-bond acceptors (Lipinski definition) is 5. The summed E-state index contributed by atoms with van der Waals surface area (Å²) in [6, 6.07) is -16.1. The molecule has 0 bridgehead atoms. The summed E-state index contributed by atoms with van der Waals surface area (Å²) in [4.78, 5) is 0. The normalized spacial score (nSPS) is 33.3. The summed E-state index contributed by atoms with van der Waals surface area (Å²) in [5, 5.41) is 0. The van der Waals surface area contributed by atoms with Crippen molar-refractivity contribution in [1.29, 1.82) is 0 Å². The van der Waals surface area contributed by atoms with Crippen LogP contribution in [0.5, 0.6) is 0 Å². The van der Waals surface area contributed by atoms with Gasteiger partial charge in [0.05, 0.1) is 30.2 Å². The molecule has 0 atom stereocenters. The zero-order valence-electron chi connectivity index (χ0n) is 24.8. The second-order valence-electron chi connectivity index (χ2n) is 10.8. The Morgan fingerprint density at radius 2 is 0.400 bits per heavy atom. The molecule has 0 unspecified atom stereocenters. The minimum absolute atomic E-state index is 0.908. The zero-order valence-corrected chi connectivity index (χ0v) is 29.8. The van der Waals surface area contributed by atoms with Crippen molar-refractivity contribution < 1.29 is 86.4 Å². The second-order valence-corrected chi connectivity index (χ2v) is 29.3. The summed E-state index contributed by atoms with van der Waals surface area (Å²) in [5.41, 5.74) is 0. The fourth-order valence-corrected chi connectivity index (χ4v) is 34.3. The fourth-order valence-electron chi connectivity index (χ4n) is 5.03. The van der Waals surface area contributed by atoms with Crippen LogP contribution in [-0.2, 0) is 20.6 Å². The molecule has 1 saturated heterocycles. The topological polar surface area (TPSA) is 46.2 Å². The molecule has 270 valence electrons. The first-order valence-corrected chi connectivity index (χ1v) is 24.9. The Bertz CT molecular complexity index is 772. The maximum absolute atomic E-state index is 14.0. The molecule has 1 fully saturated rings.